The van der Waals surface area contributed by atoms with Crippen LogP contribution in [0.3, 0.4) is 0 Å². The molecule has 2 saturated heterocycles. The third kappa shape index (κ3) is 3.04. The van der Waals surface area contributed by atoms with Crippen molar-refractivity contribution in [3.05, 3.63) is 23.8 Å². The van der Waals surface area contributed by atoms with Crippen molar-refractivity contribution >= 4 is 44.4 Å². The van der Waals surface area contributed by atoms with E-state index >= 15 is 0 Å². The zero-order valence-corrected chi connectivity index (χ0v) is 14.7. The first-order chi connectivity index (χ1) is 12.1. The molecule has 3 heterocycles. The Balaban J connectivity index is 1.63. The Morgan fingerprint density at radius 1 is 1.00 bits per heavy atom. The Morgan fingerprint density at radius 3 is 2.36 bits per heavy atom. The largest absolute Gasteiger partial charge is 0.339 e. The van der Waals surface area contributed by atoms with E-state index in [4.69, 9.17) is 0 Å². The van der Waals surface area contributed by atoms with Crippen LogP contribution < -0.4 is 4.90 Å². The minimum absolute atomic E-state index is 0.0482. The van der Waals surface area contributed by atoms with Gasteiger partial charge in [0, 0.05) is 31.5 Å². The number of likely N-dealkylation sites (tertiary alicyclic amines) is 1. The van der Waals surface area contributed by atoms with Crippen molar-refractivity contribution in [3.8, 4) is 0 Å². The van der Waals surface area contributed by atoms with Crippen LogP contribution in [0.15, 0.2) is 18.2 Å². The van der Waals surface area contributed by atoms with Crippen molar-refractivity contribution in [1.29, 1.82) is 0 Å². The number of benzene rings is 1. The number of carbonyl (C=O) groups excluding carboxylic acids is 3. The van der Waals surface area contributed by atoms with Crippen molar-refractivity contribution in [3.63, 3.8) is 0 Å². The number of imide groups is 1. The van der Waals surface area contributed by atoms with Gasteiger partial charge >= 0.3 is 0 Å². The maximum Gasteiger partial charge on any atom is 0.253 e. The van der Waals surface area contributed by atoms with Gasteiger partial charge in [0.1, 0.15) is 0 Å². The molecule has 7 heteroatoms. The Labute approximate surface area is 149 Å². The normalized spacial score (nSPS) is 18.9. The van der Waals surface area contributed by atoms with Crippen LogP contribution in [-0.2, 0) is 9.59 Å². The van der Waals surface area contributed by atoms with Gasteiger partial charge in [0.2, 0.25) is 11.8 Å². The number of carbonyl (C=O) groups is 3. The topological polar surface area (TPSA) is 70.6 Å². The molecule has 0 spiro atoms. The van der Waals surface area contributed by atoms with E-state index in [0.29, 0.717) is 16.2 Å². The number of anilines is 1. The van der Waals surface area contributed by atoms with Crippen LogP contribution in [0, 0.1) is 0 Å². The molecule has 2 aromatic rings. The van der Waals surface area contributed by atoms with Gasteiger partial charge in [-0.25, -0.2) is 9.88 Å². The van der Waals surface area contributed by atoms with Crippen LogP contribution in [-0.4, -0.2) is 40.7 Å². The monoisotopic (exact) mass is 357 g/mol. The third-order valence-electron chi connectivity index (χ3n) is 4.76. The van der Waals surface area contributed by atoms with Gasteiger partial charge < -0.3 is 4.90 Å². The highest BCUT2D eigenvalue weighted by Crippen LogP contribution is 2.32. The minimum Gasteiger partial charge on any atom is -0.339 e. The second kappa shape index (κ2) is 6.55. The van der Waals surface area contributed by atoms with Gasteiger partial charge in [0.25, 0.3) is 5.91 Å². The van der Waals surface area contributed by atoms with E-state index in [1.54, 1.807) is 12.1 Å². The quantitative estimate of drug-likeness (QED) is 0.775. The van der Waals surface area contributed by atoms with E-state index in [1.165, 1.54) is 29.1 Å². The zero-order chi connectivity index (χ0) is 17.4. The molecule has 0 saturated carbocycles. The Kier molecular flexibility index (Phi) is 4.25. The molecule has 0 bridgehead atoms. The van der Waals surface area contributed by atoms with Crippen molar-refractivity contribution in [1.82, 2.24) is 9.88 Å². The molecule has 0 atom stereocenters. The van der Waals surface area contributed by atoms with Crippen LogP contribution in [0.1, 0.15) is 48.9 Å². The van der Waals surface area contributed by atoms with Gasteiger partial charge in [-0.1, -0.05) is 24.2 Å². The summed E-state index contributed by atoms with van der Waals surface area (Å²) >= 11 is 1.29. The second-order valence-electron chi connectivity index (χ2n) is 6.51. The summed E-state index contributed by atoms with van der Waals surface area (Å²) in [7, 11) is 0. The van der Waals surface area contributed by atoms with Crippen molar-refractivity contribution < 1.29 is 14.4 Å². The Morgan fingerprint density at radius 2 is 1.68 bits per heavy atom. The number of thiazole rings is 1. The van der Waals surface area contributed by atoms with Crippen molar-refractivity contribution in [2.45, 2.75) is 38.5 Å². The number of amides is 3. The Bertz CT molecular complexity index is 836. The summed E-state index contributed by atoms with van der Waals surface area (Å²) in [4.78, 5) is 44.0. The summed E-state index contributed by atoms with van der Waals surface area (Å²) < 4.78 is 0.822. The van der Waals surface area contributed by atoms with Crippen molar-refractivity contribution in [2.24, 2.45) is 0 Å². The van der Waals surface area contributed by atoms with Gasteiger partial charge in [-0.3, -0.25) is 14.4 Å². The SMILES string of the molecule is O=C(c1ccc2nc(N3C(=O)CCC3=O)sc2c1)N1CCCCCC1. The van der Waals surface area contributed by atoms with Gasteiger partial charge in [0.05, 0.1) is 10.2 Å². The fourth-order valence-corrected chi connectivity index (χ4v) is 4.43. The number of aromatic nitrogens is 1. The van der Waals surface area contributed by atoms with Crippen LogP contribution in [0.5, 0.6) is 0 Å². The highest BCUT2D eigenvalue weighted by molar-refractivity contribution is 7.22. The van der Waals surface area contributed by atoms with Gasteiger partial charge in [-0.2, -0.15) is 0 Å². The van der Waals surface area contributed by atoms with E-state index in [9.17, 15) is 14.4 Å². The predicted molar refractivity (Wildman–Crippen MR) is 95.7 cm³/mol. The molecule has 2 fully saturated rings. The van der Waals surface area contributed by atoms with E-state index in [1.807, 2.05) is 11.0 Å². The lowest BCUT2D eigenvalue weighted by atomic mass is 10.2. The van der Waals surface area contributed by atoms with Crippen molar-refractivity contribution in [2.75, 3.05) is 18.0 Å². The van der Waals surface area contributed by atoms with Gasteiger partial charge in [-0.05, 0) is 31.0 Å². The predicted octanol–water partition coefficient (Wildman–Crippen LogP) is 2.97. The van der Waals surface area contributed by atoms with E-state index in [0.717, 1.165) is 30.6 Å². The molecule has 0 N–H and O–H groups in total. The number of rotatable bonds is 2. The summed E-state index contributed by atoms with van der Waals surface area (Å²) in [6, 6.07) is 5.41. The number of nitrogens with zero attached hydrogens (tertiary/aromatic N) is 3. The zero-order valence-electron chi connectivity index (χ0n) is 13.9. The summed E-state index contributed by atoms with van der Waals surface area (Å²) in [5.41, 5.74) is 1.35. The van der Waals surface area contributed by atoms with Gasteiger partial charge in [-0.15, -0.1) is 0 Å². The minimum atomic E-state index is -0.204. The first-order valence-electron chi connectivity index (χ1n) is 8.69. The molecule has 2 aliphatic heterocycles. The highest BCUT2D eigenvalue weighted by Gasteiger charge is 2.32. The molecule has 25 heavy (non-hydrogen) atoms. The lowest BCUT2D eigenvalue weighted by Gasteiger charge is -2.20. The van der Waals surface area contributed by atoms with Crippen LogP contribution in [0.2, 0.25) is 0 Å². The van der Waals surface area contributed by atoms with Crippen LogP contribution in [0.4, 0.5) is 5.13 Å². The molecular weight excluding hydrogens is 338 g/mol. The molecule has 3 amide bonds. The highest BCUT2D eigenvalue weighted by atomic mass is 32.1. The maximum absolute atomic E-state index is 12.8. The van der Waals surface area contributed by atoms with Crippen LogP contribution in [0.25, 0.3) is 10.2 Å². The molecule has 1 aromatic heterocycles. The van der Waals surface area contributed by atoms with E-state index in [2.05, 4.69) is 4.98 Å². The maximum atomic E-state index is 12.8. The Hall–Kier alpha value is -2.28. The molecule has 0 radical (unpaired) electrons. The summed E-state index contributed by atoms with van der Waals surface area (Å²) in [5.74, 6) is -0.359. The summed E-state index contributed by atoms with van der Waals surface area (Å²) in [6.07, 6.45) is 4.95. The molecule has 0 aliphatic carbocycles. The van der Waals surface area contributed by atoms with Gasteiger partial charge in [0.15, 0.2) is 5.13 Å². The fraction of sp³-hybridized carbons (Fsp3) is 0.444. The lowest BCUT2D eigenvalue weighted by molar-refractivity contribution is -0.121. The number of hydrogen-bond donors (Lipinski definition) is 0. The number of fused-ring (bicyclic) bond motifs is 1. The van der Waals surface area contributed by atoms with Crippen LogP contribution >= 0.6 is 11.3 Å². The first-order valence-corrected chi connectivity index (χ1v) is 9.51. The average Bonchev–Trinajstić information content (AvgIpc) is 3.04. The summed E-state index contributed by atoms with van der Waals surface area (Å²) in [5, 5.41) is 0.405. The molecule has 130 valence electrons. The standard InChI is InChI=1S/C18H19N3O3S/c22-15-7-8-16(23)21(15)18-19-13-6-5-12(11-14(13)25-18)17(24)20-9-3-1-2-4-10-20/h5-6,11H,1-4,7-10H2. The van der Waals surface area contributed by atoms with E-state index < -0.39 is 0 Å². The smallest absolute Gasteiger partial charge is 0.253 e. The second-order valence-corrected chi connectivity index (χ2v) is 7.52. The molecular formula is C18H19N3O3S. The van der Waals surface area contributed by atoms with E-state index in [-0.39, 0.29) is 30.6 Å². The first kappa shape index (κ1) is 16.2. The summed E-state index contributed by atoms with van der Waals surface area (Å²) in [6.45, 7) is 1.61. The molecule has 6 nitrogen and oxygen atoms in total. The lowest BCUT2D eigenvalue weighted by Crippen LogP contribution is -2.31. The number of hydrogen-bond acceptors (Lipinski definition) is 5. The average molecular weight is 357 g/mol. The molecule has 1 aromatic carbocycles. The molecule has 2 aliphatic rings. The fourth-order valence-electron chi connectivity index (χ4n) is 3.39. The molecule has 0 unspecified atom stereocenters. The molecule has 4 rings (SSSR count). The third-order valence-corrected chi connectivity index (χ3v) is 5.76.